The van der Waals surface area contributed by atoms with Gasteiger partial charge in [-0.15, -0.1) is 0 Å². The number of rotatable bonds is 4. The number of sulfonamides is 1. The van der Waals surface area contributed by atoms with Crippen LogP contribution in [0.1, 0.15) is 12.0 Å². The van der Waals surface area contributed by atoms with E-state index in [9.17, 15) is 22.8 Å². The van der Waals surface area contributed by atoms with E-state index in [-0.39, 0.29) is 61.8 Å². The maximum atomic E-state index is 13.2. The Morgan fingerprint density at radius 3 is 2.46 bits per heavy atom. The second kappa shape index (κ2) is 8.97. The number of anilines is 2. The summed E-state index contributed by atoms with van der Waals surface area (Å²) < 4.78 is 33.0. The molecule has 11 heteroatoms. The molecule has 3 amide bonds. The number of benzene rings is 2. The van der Waals surface area contributed by atoms with Gasteiger partial charge in [-0.1, -0.05) is 17.7 Å². The normalized spacial score (nSPS) is 20.9. The molecule has 10 nitrogen and oxygen atoms in total. The van der Waals surface area contributed by atoms with Crippen molar-refractivity contribution in [2.24, 2.45) is 5.92 Å². The van der Waals surface area contributed by atoms with Crippen LogP contribution in [-0.4, -0.2) is 74.7 Å². The van der Waals surface area contributed by atoms with Gasteiger partial charge in [0.05, 0.1) is 16.5 Å². The van der Waals surface area contributed by atoms with Crippen molar-refractivity contribution in [1.82, 2.24) is 9.21 Å². The summed E-state index contributed by atoms with van der Waals surface area (Å²) in [6, 6.07) is 12.0. The molecular weight excluding hydrogens is 472 g/mol. The summed E-state index contributed by atoms with van der Waals surface area (Å²) in [5.74, 6) is -0.581. The standard InChI is InChI=1S/C24H26N4O6S/c1-16-2-4-18(5-3-16)28-14-17(12-23(28)30)24(31)26-8-10-27(11-9-26)35(32,33)19-6-7-21-20(13-19)25-22(29)15-34-21/h2-7,13,17H,8-12,14-15H2,1H3,(H,25,29)/t17-/m0/s1. The summed E-state index contributed by atoms with van der Waals surface area (Å²) in [4.78, 5) is 40.6. The van der Waals surface area contributed by atoms with Crippen molar-refractivity contribution in [2.45, 2.75) is 18.2 Å². The molecular formula is C24H26N4O6S. The first kappa shape index (κ1) is 23.3. The molecule has 2 fully saturated rings. The van der Waals surface area contributed by atoms with E-state index >= 15 is 0 Å². The molecule has 0 bridgehead atoms. The van der Waals surface area contributed by atoms with Gasteiger partial charge in [0.25, 0.3) is 5.91 Å². The average molecular weight is 499 g/mol. The summed E-state index contributed by atoms with van der Waals surface area (Å²) >= 11 is 0. The average Bonchev–Trinajstić information content (AvgIpc) is 3.25. The quantitative estimate of drug-likeness (QED) is 0.678. The molecule has 0 saturated carbocycles. The SMILES string of the molecule is Cc1ccc(N2C[C@@H](C(=O)N3CCN(S(=O)(=O)c4ccc5c(c4)NC(=O)CO5)CC3)CC2=O)cc1. The van der Waals surface area contributed by atoms with Crippen LogP contribution in [0.3, 0.4) is 0 Å². The molecule has 5 rings (SSSR count). The molecule has 0 aromatic heterocycles. The van der Waals surface area contributed by atoms with E-state index in [1.165, 1.54) is 22.5 Å². The molecule has 0 radical (unpaired) electrons. The van der Waals surface area contributed by atoms with Gasteiger partial charge in [0, 0.05) is 44.8 Å². The van der Waals surface area contributed by atoms with Crippen LogP contribution in [0.15, 0.2) is 47.4 Å². The van der Waals surface area contributed by atoms with Gasteiger partial charge >= 0.3 is 0 Å². The molecule has 1 atom stereocenters. The number of aryl methyl sites for hydroxylation is 1. The van der Waals surface area contributed by atoms with Crippen LogP contribution in [0.25, 0.3) is 0 Å². The van der Waals surface area contributed by atoms with Crippen LogP contribution in [0.4, 0.5) is 11.4 Å². The molecule has 184 valence electrons. The Morgan fingerprint density at radius 1 is 1.03 bits per heavy atom. The number of ether oxygens (including phenoxy) is 1. The number of fused-ring (bicyclic) bond motifs is 1. The number of piperazine rings is 1. The molecule has 0 unspecified atom stereocenters. The number of amides is 3. The molecule has 3 aliphatic heterocycles. The molecule has 2 saturated heterocycles. The van der Waals surface area contributed by atoms with Crippen LogP contribution < -0.4 is 15.0 Å². The lowest BCUT2D eigenvalue weighted by Gasteiger charge is -2.35. The van der Waals surface area contributed by atoms with Gasteiger partial charge in [-0.2, -0.15) is 4.31 Å². The zero-order valence-electron chi connectivity index (χ0n) is 19.3. The van der Waals surface area contributed by atoms with Gasteiger partial charge in [-0.05, 0) is 37.3 Å². The molecule has 0 spiro atoms. The predicted molar refractivity (Wildman–Crippen MR) is 128 cm³/mol. The number of nitrogens with one attached hydrogen (secondary N) is 1. The molecule has 1 N–H and O–H groups in total. The minimum atomic E-state index is -3.81. The van der Waals surface area contributed by atoms with E-state index in [2.05, 4.69) is 5.32 Å². The summed E-state index contributed by atoms with van der Waals surface area (Å²) in [6.45, 7) is 2.98. The molecule has 2 aromatic rings. The minimum absolute atomic E-state index is 0.0527. The lowest BCUT2D eigenvalue weighted by Crippen LogP contribution is -2.52. The predicted octanol–water partition coefficient (Wildman–Crippen LogP) is 1.21. The van der Waals surface area contributed by atoms with Crippen molar-refractivity contribution < 1.29 is 27.5 Å². The second-order valence-corrected chi connectivity index (χ2v) is 10.9. The third kappa shape index (κ3) is 4.48. The van der Waals surface area contributed by atoms with E-state index in [0.29, 0.717) is 18.0 Å². The first-order chi connectivity index (χ1) is 16.7. The van der Waals surface area contributed by atoms with Crippen molar-refractivity contribution >= 4 is 39.1 Å². The first-order valence-electron chi connectivity index (χ1n) is 11.4. The highest BCUT2D eigenvalue weighted by molar-refractivity contribution is 7.89. The smallest absolute Gasteiger partial charge is 0.262 e. The Balaban J connectivity index is 1.22. The van der Waals surface area contributed by atoms with Crippen molar-refractivity contribution in [3.8, 4) is 5.75 Å². The summed E-state index contributed by atoms with van der Waals surface area (Å²) in [5.41, 5.74) is 2.19. The Hall–Kier alpha value is -3.44. The lowest BCUT2D eigenvalue weighted by atomic mass is 10.1. The van der Waals surface area contributed by atoms with E-state index in [4.69, 9.17) is 4.74 Å². The molecule has 35 heavy (non-hydrogen) atoms. The van der Waals surface area contributed by atoms with Crippen molar-refractivity contribution in [1.29, 1.82) is 0 Å². The van der Waals surface area contributed by atoms with Crippen LogP contribution in [0.2, 0.25) is 0 Å². The summed E-state index contributed by atoms with van der Waals surface area (Å²) in [7, 11) is -3.81. The van der Waals surface area contributed by atoms with Gasteiger partial charge in [0.2, 0.25) is 21.8 Å². The Kier molecular flexibility index (Phi) is 5.97. The van der Waals surface area contributed by atoms with Gasteiger partial charge in [-0.3, -0.25) is 14.4 Å². The van der Waals surface area contributed by atoms with Crippen molar-refractivity contribution in [3.05, 3.63) is 48.0 Å². The minimum Gasteiger partial charge on any atom is -0.482 e. The molecule has 2 aromatic carbocycles. The zero-order chi connectivity index (χ0) is 24.7. The number of carbonyl (C=O) groups excluding carboxylic acids is 3. The van der Waals surface area contributed by atoms with E-state index in [1.54, 1.807) is 9.80 Å². The molecule has 0 aliphatic carbocycles. The summed E-state index contributed by atoms with van der Waals surface area (Å²) in [5, 5.41) is 2.62. The van der Waals surface area contributed by atoms with Crippen LogP contribution in [0.5, 0.6) is 5.75 Å². The Labute approximate surface area is 203 Å². The van der Waals surface area contributed by atoms with Gasteiger partial charge < -0.3 is 19.9 Å². The topological polar surface area (TPSA) is 116 Å². The third-order valence-electron chi connectivity index (χ3n) is 6.59. The van der Waals surface area contributed by atoms with Crippen LogP contribution in [0, 0.1) is 12.8 Å². The van der Waals surface area contributed by atoms with E-state index in [0.717, 1.165) is 11.3 Å². The summed E-state index contributed by atoms with van der Waals surface area (Å²) in [6.07, 6.45) is 0.147. The van der Waals surface area contributed by atoms with Crippen molar-refractivity contribution in [3.63, 3.8) is 0 Å². The second-order valence-electron chi connectivity index (χ2n) is 8.97. The fourth-order valence-corrected chi connectivity index (χ4v) is 6.07. The van der Waals surface area contributed by atoms with Gasteiger partial charge in [0.1, 0.15) is 5.75 Å². The van der Waals surface area contributed by atoms with Gasteiger partial charge in [0.15, 0.2) is 6.61 Å². The highest BCUT2D eigenvalue weighted by atomic mass is 32.2. The highest BCUT2D eigenvalue weighted by Crippen LogP contribution is 2.32. The van der Waals surface area contributed by atoms with Gasteiger partial charge in [-0.25, -0.2) is 8.42 Å². The number of carbonyl (C=O) groups is 3. The van der Waals surface area contributed by atoms with Crippen molar-refractivity contribution in [2.75, 3.05) is 49.5 Å². The maximum Gasteiger partial charge on any atom is 0.262 e. The highest BCUT2D eigenvalue weighted by Gasteiger charge is 2.39. The Bertz CT molecular complexity index is 1290. The fraction of sp³-hybridized carbons (Fsp3) is 0.375. The number of hydrogen-bond donors (Lipinski definition) is 1. The molecule has 3 aliphatic rings. The largest absolute Gasteiger partial charge is 0.482 e. The Morgan fingerprint density at radius 2 is 1.74 bits per heavy atom. The van der Waals surface area contributed by atoms with Crippen LogP contribution >= 0.6 is 0 Å². The van der Waals surface area contributed by atoms with Crippen LogP contribution in [-0.2, 0) is 24.4 Å². The van der Waals surface area contributed by atoms with E-state index in [1.807, 2.05) is 31.2 Å². The maximum absolute atomic E-state index is 13.2. The van der Waals surface area contributed by atoms with E-state index < -0.39 is 15.9 Å². The third-order valence-corrected chi connectivity index (χ3v) is 8.49. The number of nitrogens with zero attached hydrogens (tertiary/aromatic N) is 3. The number of hydrogen-bond acceptors (Lipinski definition) is 6. The fourth-order valence-electron chi connectivity index (χ4n) is 4.63. The molecule has 3 heterocycles. The zero-order valence-corrected chi connectivity index (χ0v) is 20.1. The lowest BCUT2D eigenvalue weighted by molar-refractivity contribution is -0.137. The first-order valence-corrected chi connectivity index (χ1v) is 12.9. The monoisotopic (exact) mass is 498 g/mol.